The molecule has 4 heteroatoms. The molecule has 0 unspecified atom stereocenters. The van der Waals surface area contributed by atoms with Crippen molar-refractivity contribution in [1.29, 1.82) is 0 Å². The minimum absolute atomic E-state index is 0.114. The molecule has 0 aliphatic carbocycles. The molecule has 4 nitrogen and oxygen atoms in total. The predicted octanol–water partition coefficient (Wildman–Crippen LogP) is 1.13. The molecule has 0 saturated carbocycles. The Bertz CT molecular complexity index is 566. The molecule has 1 aromatic carbocycles. The smallest absolute Gasteiger partial charge is 0.269 e. The monoisotopic (exact) mass is 217 g/mol. The van der Waals surface area contributed by atoms with Crippen LogP contribution in [0.15, 0.2) is 35.3 Å². The molecule has 0 saturated heterocycles. The highest BCUT2D eigenvalue weighted by atomic mass is 16.1. The second-order valence-electron chi connectivity index (χ2n) is 4.66. The highest BCUT2D eigenvalue weighted by Gasteiger charge is 2.14. The van der Waals surface area contributed by atoms with Gasteiger partial charge in [0.15, 0.2) is 0 Å². The number of nitrogens with two attached hydrogens (primary N) is 1. The van der Waals surface area contributed by atoms with Crippen molar-refractivity contribution in [2.24, 2.45) is 5.73 Å². The van der Waals surface area contributed by atoms with Crippen LogP contribution in [0.3, 0.4) is 0 Å². The molecule has 0 radical (unpaired) electrons. The highest BCUT2D eigenvalue weighted by molar-refractivity contribution is 5.74. The van der Waals surface area contributed by atoms with Gasteiger partial charge in [0, 0.05) is 12.1 Å². The summed E-state index contributed by atoms with van der Waals surface area (Å²) >= 11 is 0. The summed E-state index contributed by atoms with van der Waals surface area (Å²) in [6.45, 7) is 4.28. The van der Waals surface area contributed by atoms with Crippen LogP contribution in [0.5, 0.6) is 0 Å². The van der Waals surface area contributed by atoms with Gasteiger partial charge in [0.2, 0.25) is 0 Å². The Morgan fingerprint density at radius 3 is 2.75 bits per heavy atom. The van der Waals surface area contributed by atoms with E-state index in [2.05, 4.69) is 4.98 Å². The zero-order valence-electron chi connectivity index (χ0n) is 9.47. The number of rotatable bonds is 2. The summed E-state index contributed by atoms with van der Waals surface area (Å²) in [6, 6.07) is 7.56. The topological polar surface area (TPSA) is 60.9 Å². The van der Waals surface area contributed by atoms with Crippen LogP contribution in [-0.2, 0) is 6.54 Å². The van der Waals surface area contributed by atoms with Gasteiger partial charge in [-0.3, -0.25) is 4.79 Å². The average Bonchev–Trinajstić information content (AvgIpc) is 2.21. The molecule has 1 aromatic heterocycles. The van der Waals surface area contributed by atoms with Gasteiger partial charge in [-0.1, -0.05) is 12.1 Å². The Hall–Kier alpha value is -1.68. The molecule has 16 heavy (non-hydrogen) atoms. The zero-order valence-corrected chi connectivity index (χ0v) is 9.47. The minimum Gasteiger partial charge on any atom is -0.324 e. The van der Waals surface area contributed by atoms with Crippen LogP contribution >= 0.6 is 0 Å². The SMILES string of the molecule is CC(C)(N)Cn1c(=O)cnc2ccccc21. The van der Waals surface area contributed by atoms with Crippen molar-refractivity contribution in [3.8, 4) is 0 Å². The fourth-order valence-electron chi connectivity index (χ4n) is 1.69. The number of benzene rings is 1. The molecule has 1 heterocycles. The Kier molecular flexibility index (Phi) is 2.52. The van der Waals surface area contributed by atoms with Crippen molar-refractivity contribution < 1.29 is 0 Å². The van der Waals surface area contributed by atoms with Gasteiger partial charge in [0.25, 0.3) is 5.56 Å². The van der Waals surface area contributed by atoms with Crippen LogP contribution in [0.2, 0.25) is 0 Å². The average molecular weight is 217 g/mol. The summed E-state index contributed by atoms with van der Waals surface area (Å²) in [5.41, 5.74) is 7.05. The van der Waals surface area contributed by atoms with Crippen molar-refractivity contribution in [2.45, 2.75) is 25.9 Å². The van der Waals surface area contributed by atoms with Gasteiger partial charge in [-0.2, -0.15) is 0 Å². The van der Waals surface area contributed by atoms with E-state index >= 15 is 0 Å². The summed E-state index contributed by atoms with van der Waals surface area (Å²) < 4.78 is 1.67. The van der Waals surface area contributed by atoms with Gasteiger partial charge < -0.3 is 10.3 Å². The maximum Gasteiger partial charge on any atom is 0.269 e. The first-order chi connectivity index (χ1) is 7.47. The number of hydrogen-bond donors (Lipinski definition) is 1. The van der Waals surface area contributed by atoms with E-state index < -0.39 is 5.54 Å². The molecule has 0 spiro atoms. The molecule has 0 atom stereocenters. The molecule has 2 aromatic rings. The molecule has 84 valence electrons. The lowest BCUT2D eigenvalue weighted by Gasteiger charge is -2.20. The molecular formula is C12H15N3O. The molecule has 0 aliphatic heterocycles. The maximum absolute atomic E-state index is 11.8. The molecule has 2 rings (SSSR count). The van der Waals surface area contributed by atoms with Gasteiger partial charge in [0.1, 0.15) is 0 Å². The second kappa shape index (κ2) is 3.72. The van der Waals surface area contributed by atoms with Crippen LogP contribution in [0.25, 0.3) is 11.0 Å². The summed E-state index contributed by atoms with van der Waals surface area (Å²) in [5.74, 6) is 0. The van der Waals surface area contributed by atoms with Crippen LogP contribution < -0.4 is 11.3 Å². The first kappa shape index (κ1) is 10.8. The molecule has 2 N–H and O–H groups in total. The minimum atomic E-state index is -0.423. The number of hydrogen-bond acceptors (Lipinski definition) is 3. The van der Waals surface area contributed by atoms with Crippen molar-refractivity contribution in [2.75, 3.05) is 0 Å². The third kappa shape index (κ3) is 2.12. The Morgan fingerprint density at radius 2 is 2.06 bits per heavy atom. The summed E-state index contributed by atoms with van der Waals surface area (Å²) in [7, 11) is 0. The van der Waals surface area contributed by atoms with Crippen molar-refractivity contribution in [3.63, 3.8) is 0 Å². The van der Waals surface area contributed by atoms with E-state index in [1.54, 1.807) is 4.57 Å². The van der Waals surface area contributed by atoms with Crippen molar-refractivity contribution >= 4 is 11.0 Å². The third-order valence-electron chi connectivity index (χ3n) is 2.32. The lowest BCUT2D eigenvalue weighted by molar-refractivity contribution is 0.434. The standard InChI is InChI=1S/C12H15N3O/c1-12(2,13)8-15-10-6-4-3-5-9(10)14-7-11(15)16/h3-7H,8,13H2,1-2H3. The zero-order chi connectivity index (χ0) is 11.8. The Morgan fingerprint density at radius 1 is 1.38 bits per heavy atom. The number of aromatic nitrogens is 2. The van der Waals surface area contributed by atoms with Gasteiger partial charge in [-0.15, -0.1) is 0 Å². The largest absolute Gasteiger partial charge is 0.324 e. The summed E-state index contributed by atoms with van der Waals surface area (Å²) in [4.78, 5) is 15.9. The normalized spacial score (nSPS) is 11.9. The first-order valence-corrected chi connectivity index (χ1v) is 5.21. The Balaban J connectivity index is 2.66. The quantitative estimate of drug-likeness (QED) is 0.820. The van der Waals surface area contributed by atoms with E-state index in [4.69, 9.17) is 5.73 Å². The van der Waals surface area contributed by atoms with Crippen molar-refractivity contribution in [1.82, 2.24) is 9.55 Å². The van der Waals surface area contributed by atoms with Gasteiger partial charge >= 0.3 is 0 Å². The molecule has 0 amide bonds. The maximum atomic E-state index is 11.8. The number of fused-ring (bicyclic) bond motifs is 1. The number of nitrogens with zero attached hydrogens (tertiary/aromatic N) is 2. The second-order valence-corrected chi connectivity index (χ2v) is 4.66. The van der Waals surface area contributed by atoms with Crippen LogP contribution in [0.4, 0.5) is 0 Å². The lowest BCUT2D eigenvalue weighted by Crippen LogP contribution is -2.40. The summed E-state index contributed by atoms with van der Waals surface area (Å²) in [5, 5.41) is 0. The van der Waals surface area contributed by atoms with Crippen LogP contribution in [-0.4, -0.2) is 15.1 Å². The van der Waals surface area contributed by atoms with Gasteiger partial charge in [-0.25, -0.2) is 4.98 Å². The molecule has 0 aliphatic rings. The van der Waals surface area contributed by atoms with E-state index in [1.807, 2.05) is 38.1 Å². The van der Waals surface area contributed by atoms with E-state index in [9.17, 15) is 4.79 Å². The van der Waals surface area contributed by atoms with Crippen LogP contribution in [0, 0.1) is 0 Å². The first-order valence-electron chi connectivity index (χ1n) is 5.21. The molecule has 0 bridgehead atoms. The fraction of sp³-hybridized carbons (Fsp3) is 0.333. The predicted molar refractivity (Wildman–Crippen MR) is 64.3 cm³/mol. The lowest BCUT2D eigenvalue weighted by atomic mass is 10.1. The Labute approximate surface area is 93.7 Å². The van der Waals surface area contributed by atoms with Gasteiger partial charge in [-0.05, 0) is 26.0 Å². The van der Waals surface area contributed by atoms with E-state index in [1.165, 1.54) is 6.20 Å². The molecule has 0 fully saturated rings. The van der Waals surface area contributed by atoms with E-state index in [0.29, 0.717) is 6.54 Å². The van der Waals surface area contributed by atoms with Gasteiger partial charge in [0.05, 0.1) is 17.2 Å². The molecular weight excluding hydrogens is 202 g/mol. The highest BCUT2D eigenvalue weighted by Crippen LogP contribution is 2.10. The van der Waals surface area contributed by atoms with E-state index in [0.717, 1.165) is 11.0 Å². The van der Waals surface area contributed by atoms with Crippen molar-refractivity contribution in [3.05, 3.63) is 40.8 Å². The summed E-state index contributed by atoms with van der Waals surface area (Å²) in [6.07, 6.45) is 1.34. The van der Waals surface area contributed by atoms with Crippen LogP contribution in [0.1, 0.15) is 13.8 Å². The third-order valence-corrected chi connectivity index (χ3v) is 2.32. The fourth-order valence-corrected chi connectivity index (χ4v) is 1.69. The van der Waals surface area contributed by atoms with E-state index in [-0.39, 0.29) is 5.56 Å². The number of para-hydroxylation sites is 2.